The van der Waals surface area contributed by atoms with Crippen molar-refractivity contribution in [3.05, 3.63) is 70.6 Å². The van der Waals surface area contributed by atoms with Gasteiger partial charge in [0.25, 0.3) is 5.91 Å². The molecule has 0 spiro atoms. The van der Waals surface area contributed by atoms with Crippen LogP contribution < -0.4 is 16.0 Å². The number of hydrogen-bond acceptors (Lipinski definition) is 4. The van der Waals surface area contributed by atoms with E-state index < -0.39 is 6.10 Å². The molecule has 29 heavy (non-hydrogen) atoms. The number of benzene rings is 2. The van der Waals surface area contributed by atoms with E-state index in [9.17, 15) is 9.90 Å². The number of fused-ring (bicyclic) bond motifs is 1. The van der Waals surface area contributed by atoms with Crippen LogP contribution >= 0.6 is 11.3 Å². The summed E-state index contributed by atoms with van der Waals surface area (Å²) in [7, 11) is 1.69. The molecule has 3 aromatic rings. The number of carbonyl (C=O) groups excluding carboxylic acids is 1. The second-order valence-corrected chi connectivity index (χ2v) is 7.68. The summed E-state index contributed by atoms with van der Waals surface area (Å²) >= 11 is 1.59. The summed E-state index contributed by atoms with van der Waals surface area (Å²) < 4.78 is 1.16. The van der Waals surface area contributed by atoms with E-state index in [0.717, 1.165) is 20.5 Å². The van der Waals surface area contributed by atoms with Gasteiger partial charge >= 0.3 is 0 Å². The van der Waals surface area contributed by atoms with E-state index in [2.05, 4.69) is 27.0 Å². The molecular formula is C22H26N4O2S. The largest absolute Gasteiger partial charge is 0.386 e. The Hall–Kier alpha value is -2.90. The molecule has 0 bridgehead atoms. The molecule has 0 aliphatic rings. The summed E-state index contributed by atoms with van der Waals surface area (Å²) in [6.07, 6.45) is -0.619. The lowest BCUT2D eigenvalue weighted by Gasteiger charge is -2.15. The molecule has 1 heterocycles. The number of rotatable bonds is 7. The van der Waals surface area contributed by atoms with Crippen molar-refractivity contribution in [3.63, 3.8) is 0 Å². The van der Waals surface area contributed by atoms with Crippen LogP contribution in [-0.2, 0) is 6.54 Å². The fourth-order valence-corrected chi connectivity index (χ4v) is 4.00. The number of amides is 1. The Balaban J connectivity index is 1.54. The fraction of sp³-hybridized carbons (Fsp3) is 0.273. The van der Waals surface area contributed by atoms with Crippen LogP contribution in [0.25, 0.3) is 10.1 Å². The zero-order valence-electron chi connectivity index (χ0n) is 16.6. The molecule has 0 saturated carbocycles. The molecule has 1 amide bonds. The van der Waals surface area contributed by atoms with Crippen LogP contribution in [0.1, 0.15) is 33.8 Å². The molecule has 6 nitrogen and oxygen atoms in total. The monoisotopic (exact) mass is 410 g/mol. The second-order valence-electron chi connectivity index (χ2n) is 6.57. The first-order chi connectivity index (χ1) is 14.1. The molecule has 0 fully saturated rings. The van der Waals surface area contributed by atoms with Gasteiger partial charge < -0.3 is 21.1 Å². The van der Waals surface area contributed by atoms with E-state index >= 15 is 0 Å². The van der Waals surface area contributed by atoms with Gasteiger partial charge in [-0.05, 0) is 42.1 Å². The average molecular weight is 411 g/mol. The van der Waals surface area contributed by atoms with E-state index in [1.807, 2.05) is 49.4 Å². The molecule has 2 aromatic carbocycles. The SMILES string of the molecule is CCNC(=O)c1cccc(CNC(=NC)NCC(O)c2cc3ccccc3s2)c1. The van der Waals surface area contributed by atoms with Gasteiger partial charge in [-0.1, -0.05) is 30.3 Å². The maximum absolute atomic E-state index is 12.0. The molecule has 0 radical (unpaired) electrons. The van der Waals surface area contributed by atoms with Crippen LogP contribution in [0.5, 0.6) is 0 Å². The first kappa shape index (κ1) is 20.8. The number of aliphatic imine (C=N–C) groups is 1. The number of aliphatic hydroxyl groups excluding tert-OH is 1. The molecule has 0 aliphatic carbocycles. The number of thiophene rings is 1. The number of guanidine groups is 1. The molecule has 0 saturated heterocycles. The highest BCUT2D eigenvalue weighted by Crippen LogP contribution is 2.29. The van der Waals surface area contributed by atoms with Crippen molar-refractivity contribution in [2.24, 2.45) is 4.99 Å². The van der Waals surface area contributed by atoms with Gasteiger partial charge in [-0.25, -0.2) is 0 Å². The minimum absolute atomic E-state index is 0.0803. The van der Waals surface area contributed by atoms with Crippen molar-refractivity contribution in [2.45, 2.75) is 19.6 Å². The van der Waals surface area contributed by atoms with Crippen LogP contribution in [0, 0.1) is 0 Å². The lowest BCUT2D eigenvalue weighted by Crippen LogP contribution is -2.38. The minimum Gasteiger partial charge on any atom is -0.386 e. The molecule has 1 atom stereocenters. The Morgan fingerprint density at radius 2 is 1.93 bits per heavy atom. The van der Waals surface area contributed by atoms with Gasteiger partial charge in [0.1, 0.15) is 6.10 Å². The molecule has 4 N–H and O–H groups in total. The summed E-state index contributed by atoms with van der Waals surface area (Å²) in [4.78, 5) is 17.1. The van der Waals surface area contributed by atoms with E-state index in [1.54, 1.807) is 24.5 Å². The van der Waals surface area contributed by atoms with Crippen molar-refractivity contribution >= 4 is 33.3 Å². The molecule has 7 heteroatoms. The highest BCUT2D eigenvalue weighted by molar-refractivity contribution is 7.19. The van der Waals surface area contributed by atoms with Gasteiger partial charge in [-0.15, -0.1) is 11.3 Å². The van der Waals surface area contributed by atoms with Crippen molar-refractivity contribution in [1.29, 1.82) is 0 Å². The van der Waals surface area contributed by atoms with Crippen LogP contribution in [0.4, 0.5) is 0 Å². The number of hydrogen-bond donors (Lipinski definition) is 4. The van der Waals surface area contributed by atoms with E-state index in [1.165, 1.54) is 0 Å². The number of nitrogens with one attached hydrogen (secondary N) is 3. The zero-order valence-corrected chi connectivity index (χ0v) is 17.4. The summed E-state index contributed by atoms with van der Waals surface area (Å²) in [5.41, 5.74) is 1.61. The molecule has 3 rings (SSSR count). The number of carbonyl (C=O) groups is 1. The van der Waals surface area contributed by atoms with Crippen LogP contribution in [0.2, 0.25) is 0 Å². The van der Waals surface area contributed by atoms with Gasteiger partial charge in [-0.2, -0.15) is 0 Å². The maximum atomic E-state index is 12.0. The van der Waals surface area contributed by atoms with Gasteiger partial charge in [0.05, 0.1) is 0 Å². The zero-order chi connectivity index (χ0) is 20.6. The lowest BCUT2D eigenvalue weighted by molar-refractivity contribution is 0.0955. The third-order valence-corrected chi connectivity index (χ3v) is 5.66. The Morgan fingerprint density at radius 3 is 2.69 bits per heavy atom. The summed E-state index contributed by atoms with van der Waals surface area (Å²) in [5, 5.41) is 20.8. The van der Waals surface area contributed by atoms with Crippen molar-refractivity contribution < 1.29 is 9.90 Å². The van der Waals surface area contributed by atoms with Crippen molar-refractivity contribution in [3.8, 4) is 0 Å². The quantitative estimate of drug-likeness (QED) is 0.356. The van der Waals surface area contributed by atoms with Gasteiger partial charge in [0, 0.05) is 41.8 Å². The van der Waals surface area contributed by atoms with Gasteiger partial charge in [0.15, 0.2) is 5.96 Å². The predicted octanol–water partition coefficient (Wildman–Crippen LogP) is 3.05. The molecule has 152 valence electrons. The Bertz CT molecular complexity index is 966. The lowest BCUT2D eigenvalue weighted by atomic mass is 10.1. The van der Waals surface area contributed by atoms with E-state index in [-0.39, 0.29) is 5.91 Å². The van der Waals surface area contributed by atoms with Crippen LogP contribution in [0.3, 0.4) is 0 Å². The van der Waals surface area contributed by atoms with E-state index in [0.29, 0.717) is 31.2 Å². The Morgan fingerprint density at radius 1 is 1.10 bits per heavy atom. The first-order valence-electron chi connectivity index (χ1n) is 9.59. The van der Waals surface area contributed by atoms with Gasteiger partial charge in [0.2, 0.25) is 0 Å². The minimum atomic E-state index is -0.619. The molecule has 0 aliphatic heterocycles. The Labute approximate surface area is 174 Å². The fourth-order valence-electron chi connectivity index (χ4n) is 2.95. The second kappa shape index (κ2) is 10.0. The average Bonchev–Trinajstić information content (AvgIpc) is 3.18. The van der Waals surface area contributed by atoms with Crippen LogP contribution in [-0.4, -0.2) is 37.1 Å². The maximum Gasteiger partial charge on any atom is 0.251 e. The van der Waals surface area contributed by atoms with Crippen molar-refractivity contribution in [2.75, 3.05) is 20.1 Å². The van der Waals surface area contributed by atoms with Gasteiger partial charge in [-0.3, -0.25) is 9.79 Å². The molecular weight excluding hydrogens is 384 g/mol. The first-order valence-corrected chi connectivity index (χ1v) is 10.4. The van der Waals surface area contributed by atoms with Crippen LogP contribution in [0.15, 0.2) is 59.6 Å². The number of nitrogens with zero attached hydrogens (tertiary/aromatic N) is 1. The summed E-state index contributed by atoms with van der Waals surface area (Å²) in [5.74, 6) is 0.511. The standard InChI is InChI=1S/C22H26N4O2S/c1-3-24-21(28)17-9-6-7-15(11-17)13-25-22(23-2)26-14-18(27)20-12-16-8-4-5-10-19(16)29-20/h4-12,18,27H,3,13-14H2,1-2H3,(H,24,28)(H2,23,25,26). The summed E-state index contributed by atoms with van der Waals surface area (Å²) in [6.45, 7) is 3.36. The normalized spacial score (nSPS) is 12.6. The highest BCUT2D eigenvalue weighted by atomic mass is 32.1. The highest BCUT2D eigenvalue weighted by Gasteiger charge is 2.12. The third kappa shape index (κ3) is 5.56. The molecule has 1 unspecified atom stereocenters. The smallest absolute Gasteiger partial charge is 0.251 e. The number of aliphatic hydroxyl groups is 1. The predicted molar refractivity (Wildman–Crippen MR) is 119 cm³/mol. The summed E-state index contributed by atoms with van der Waals surface area (Å²) in [6, 6.07) is 17.6. The third-order valence-electron chi connectivity index (χ3n) is 4.45. The Kier molecular flexibility index (Phi) is 7.21. The van der Waals surface area contributed by atoms with E-state index in [4.69, 9.17) is 0 Å². The molecule has 1 aromatic heterocycles. The topological polar surface area (TPSA) is 85.8 Å². The van der Waals surface area contributed by atoms with Crippen molar-refractivity contribution in [1.82, 2.24) is 16.0 Å².